The van der Waals surface area contributed by atoms with E-state index < -0.39 is 69.4 Å². The van der Waals surface area contributed by atoms with Gasteiger partial charge in [0.05, 0.1) is 0 Å². The molecule has 0 aliphatic heterocycles. The molecule has 0 saturated heterocycles. The Labute approximate surface area is 181 Å². The molecule has 0 aliphatic carbocycles. The molecule has 32 heavy (non-hydrogen) atoms. The first-order valence-corrected chi connectivity index (χ1v) is 9.08. The van der Waals surface area contributed by atoms with Crippen LogP contribution in [0.3, 0.4) is 0 Å². The molecule has 0 aliphatic rings. The molecule has 1 nitrogen and oxygen atoms in total. The van der Waals surface area contributed by atoms with Crippen LogP contribution in [-0.4, -0.2) is 0 Å². The highest BCUT2D eigenvalue weighted by Crippen LogP contribution is 2.39. The van der Waals surface area contributed by atoms with E-state index in [0.717, 1.165) is 0 Å². The lowest BCUT2D eigenvalue weighted by Gasteiger charge is -2.20. The number of ether oxygens (including phenoxy) is 1. The van der Waals surface area contributed by atoms with Gasteiger partial charge >= 0.3 is 12.3 Å². The first-order valence-electron chi connectivity index (χ1n) is 8.28. The smallest absolute Gasteiger partial charge is 0.429 e. The Balaban J connectivity index is 1.96. The van der Waals surface area contributed by atoms with Crippen molar-refractivity contribution in [3.63, 3.8) is 0 Å². The first kappa shape index (κ1) is 23.9. The van der Waals surface area contributed by atoms with Crippen molar-refractivity contribution < 1.29 is 48.6 Å². The number of hydrogen-bond acceptors (Lipinski definition) is 1. The van der Waals surface area contributed by atoms with Crippen LogP contribution in [0.5, 0.6) is 5.75 Å². The second-order valence-corrected chi connectivity index (χ2v) is 7.23. The Morgan fingerprint density at radius 1 is 0.625 bits per heavy atom. The van der Waals surface area contributed by atoms with Gasteiger partial charge in [0.1, 0.15) is 46.0 Å². The average molecular weight is 533 g/mol. The van der Waals surface area contributed by atoms with Gasteiger partial charge < -0.3 is 4.74 Å². The molecule has 0 radical (unpaired) electrons. The minimum absolute atomic E-state index is 0.168. The van der Waals surface area contributed by atoms with Crippen LogP contribution in [0.25, 0.3) is 11.1 Å². The third-order valence-corrected chi connectivity index (χ3v) is 4.58. The summed E-state index contributed by atoms with van der Waals surface area (Å²) in [5, 5.41) is 0. The zero-order chi connectivity index (χ0) is 24.0. The number of benzene rings is 3. The van der Waals surface area contributed by atoms with E-state index in [4.69, 9.17) is 0 Å². The summed E-state index contributed by atoms with van der Waals surface area (Å²) < 4.78 is 140. The fourth-order valence-electron chi connectivity index (χ4n) is 2.81. The van der Waals surface area contributed by atoms with Crippen LogP contribution < -0.4 is 4.74 Å². The van der Waals surface area contributed by atoms with Gasteiger partial charge in [0.2, 0.25) is 0 Å². The van der Waals surface area contributed by atoms with E-state index in [0.29, 0.717) is 30.3 Å². The summed E-state index contributed by atoms with van der Waals surface area (Å²) in [7, 11) is 0. The standard InChI is InChI=1S/C20H7BrF10O/c21-9-5-15(25)18(16(26)6-9)20(30,31)32-10-1-2-11(12(22)7-10)8-3-13(23)17(14(24)4-8)19(27,28)29/h1-7H. The minimum Gasteiger partial charge on any atom is -0.429 e. The largest absolute Gasteiger partial charge is 0.432 e. The van der Waals surface area contributed by atoms with Crippen molar-refractivity contribution in [2.45, 2.75) is 12.3 Å². The van der Waals surface area contributed by atoms with Crippen LogP contribution in [0.4, 0.5) is 43.9 Å². The Morgan fingerprint density at radius 2 is 1.12 bits per heavy atom. The molecule has 0 unspecified atom stereocenters. The van der Waals surface area contributed by atoms with Gasteiger partial charge in [-0.1, -0.05) is 15.9 Å². The normalized spacial score (nSPS) is 12.2. The lowest BCUT2D eigenvalue weighted by Crippen LogP contribution is -2.25. The summed E-state index contributed by atoms with van der Waals surface area (Å²) in [6, 6.07) is 3.20. The highest BCUT2D eigenvalue weighted by molar-refractivity contribution is 9.10. The fourth-order valence-corrected chi connectivity index (χ4v) is 3.21. The molecule has 0 spiro atoms. The van der Waals surface area contributed by atoms with E-state index in [1.807, 2.05) is 0 Å². The minimum atomic E-state index is -5.34. The Hall–Kier alpha value is -2.76. The predicted octanol–water partition coefficient (Wildman–Crippen LogP) is 7.96. The van der Waals surface area contributed by atoms with E-state index in [1.165, 1.54) is 0 Å². The van der Waals surface area contributed by atoms with E-state index in [2.05, 4.69) is 20.7 Å². The van der Waals surface area contributed by atoms with Gasteiger partial charge in [0.15, 0.2) is 0 Å². The Morgan fingerprint density at radius 3 is 1.59 bits per heavy atom. The Bertz CT molecular complexity index is 1140. The molecule has 0 amide bonds. The van der Waals surface area contributed by atoms with Gasteiger partial charge in [-0.25, -0.2) is 22.0 Å². The molecular weight excluding hydrogens is 526 g/mol. The Kier molecular flexibility index (Phi) is 6.20. The molecule has 0 heterocycles. The number of rotatable bonds is 4. The number of alkyl halides is 5. The van der Waals surface area contributed by atoms with Crippen LogP contribution in [0.2, 0.25) is 0 Å². The third kappa shape index (κ3) is 4.69. The van der Waals surface area contributed by atoms with Crippen molar-refractivity contribution in [3.05, 3.63) is 87.2 Å². The summed E-state index contributed by atoms with van der Waals surface area (Å²) in [6.07, 6.45) is -9.93. The molecule has 0 fully saturated rings. The average Bonchev–Trinajstić information content (AvgIpc) is 2.58. The monoisotopic (exact) mass is 532 g/mol. The molecule has 3 aromatic carbocycles. The predicted molar refractivity (Wildman–Crippen MR) is 95.3 cm³/mol. The van der Waals surface area contributed by atoms with Gasteiger partial charge in [-0.2, -0.15) is 22.0 Å². The van der Waals surface area contributed by atoms with Crippen molar-refractivity contribution in [1.82, 2.24) is 0 Å². The van der Waals surface area contributed by atoms with Gasteiger partial charge in [0.25, 0.3) is 0 Å². The highest BCUT2D eigenvalue weighted by Gasteiger charge is 2.41. The zero-order valence-electron chi connectivity index (χ0n) is 15.1. The van der Waals surface area contributed by atoms with Crippen LogP contribution >= 0.6 is 15.9 Å². The van der Waals surface area contributed by atoms with Gasteiger partial charge in [-0.3, -0.25) is 0 Å². The van der Waals surface area contributed by atoms with Gasteiger partial charge in [-0.05, 0) is 42.0 Å². The van der Waals surface area contributed by atoms with Crippen molar-refractivity contribution >= 4 is 15.9 Å². The molecule has 0 aromatic heterocycles. The van der Waals surface area contributed by atoms with Gasteiger partial charge in [0, 0.05) is 16.1 Å². The van der Waals surface area contributed by atoms with Crippen LogP contribution in [0.15, 0.2) is 46.9 Å². The van der Waals surface area contributed by atoms with Crippen molar-refractivity contribution in [3.8, 4) is 16.9 Å². The summed E-state index contributed by atoms with van der Waals surface area (Å²) in [5.41, 5.74) is -5.24. The topological polar surface area (TPSA) is 9.23 Å². The van der Waals surface area contributed by atoms with Crippen LogP contribution in [-0.2, 0) is 12.3 Å². The van der Waals surface area contributed by atoms with Crippen LogP contribution in [0, 0.1) is 29.1 Å². The fraction of sp³-hybridized carbons (Fsp3) is 0.100. The van der Waals surface area contributed by atoms with Crippen LogP contribution in [0.1, 0.15) is 11.1 Å². The summed E-state index contributed by atoms with van der Waals surface area (Å²) in [5.74, 6) is -9.68. The van der Waals surface area contributed by atoms with Crippen molar-refractivity contribution in [1.29, 1.82) is 0 Å². The van der Waals surface area contributed by atoms with Crippen molar-refractivity contribution in [2.24, 2.45) is 0 Å². The molecule has 3 rings (SSSR count). The summed E-state index contributed by atoms with van der Waals surface area (Å²) >= 11 is 2.71. The maximum atomic E-state index is 14.4. The van der Waals surface area contributed by atoms with E-state index in [1.54, 1.807) is 0 Å². The zero-order valence-corrected chi connectivity index (χ0v) is 16.7. The maximum absolute atomic E-state index is 14.4. The second kappa shape index (κ2) is 8.30. The molecular formula is C20H7BrF10O. The maximum Gasteiger partial charge on any atom is 0.432 e. The molecule has 170 valence electrons. The number of halogens is 11. The molecule has 0 bridgehead atoms. The molecule has 0 saturated carbocycles. The molecule has 12 heteroatoms. The van der Waals surface area contributed by atoms with Crippen molar-refractivity contribution in [2.75, 3.05) is 0 Å². The summed E-state index contributed by atoms with van der Waals surface area (Å²) in [6.45, 7) is 0. The SMILES string of the molecule is Fc1cc(OC(F)(F)c2c(F)cc(Br)cc2F)ccc1-c1cc(F)c(C(F)(F)F)c(F)c1. The van der Waals surface area contributed by atoms with Gasteiger partial charge in [-0.15, -0.1) is 0 Å². The molecule has 3 aromatic rings. The lowest BCUT2D eigenvalue weighted by atomic mass is 10.0. The highest BCUT2D eigenvalue weighted by atomic mass is 79.9. The summed E-state index contributed by atoms with van der Waals surface area (Å²) in [4.78, 5) is 0. The first-order chi connectivity index (χ1) is 14.7. The van der Waals surface area contributed by atoms with E-state index in [9.17, 15) is 43.9 Å². The molecule has 0 N–H and O–H groups in total. The van der Waals surface area contributed by atoms with E-state index in [-0.39, 0.29) is 16.6 Å². The quantitative estimate of drug-likeness (QED) is 0.310. The number of hydrogen-bond donors (Lipinski definition) is 0. The van der Waals surface area contributed by atoms with E-state index >= 15 is 0 Å². The lowest BCUT2D eigenvalue weighted by molar-refractivity contribution is -0.189. The molecule has 0 atom stereocenters. The third-order valence-electron chi connectivity index (χ3n) is 4.12. The second-order valence-electron chi connectivity index (χ2n) is 6.32.